The van der Waals surface area contributed by atoms with Gasteiger partial charge in [-0.25, -0.2) is 0 Å². The zero-order valence-corrected chi connectivity index (χ0v) is 25.8. The smallest absolute Gasteiger partial charge is 0.291 e. The van der Waals surface area contributed by atoms with Crippen molar-refractivity contribution in [2.24, 2.45) is 5.73 Å². The molecule has 3 heteroatoms. The molecule has 0 heterocycles. The van der Waals surface area contributed by atoms with Crippen LogP contribution in [-0.4, -0.2) is 41.6 Å². The van der Waals surface area contributed by atoms with Gasteiger partial charge in [0.2, 0.25) is 0 Å². The molecular formula is C33H70N3+. The first-order valence-electron chi connectivity index (χ1n) is 16.8. The first-order valence-corrected chi connectivity index (χ1v) is 16.8. The fraction of sp³-hybridized carbons (Fsp3) is 0.970. The largest absolute Gasteiger partial charge is 0.345 e. The SMILES string of the molecule is CCCCCCCCN(CCCCCCCC)C(N)=[N+](CCCCCCCC)CCCCCCCC. The Morgan fingerprint density at radius 2 is 0.694 bits per heavy atom. The second kappa shape index (κ2) is 28.8. The second-order valence-corrected chi connectivity index (χ2v) is 11.4. The number of unbranched alkanes of at least 4 members (excludes halogenated alkanes) is 20. The van der Waals surface area contributed by atoms with Crippen molar-refractivity contribution in [1.29, 1.82) is 0 Å². The summed E-state index contributed by atoms with van der Waals surface area (Å²) in [5.74, 6) is 1.10. The molecule has 0 radical (unpaired) electrons. The molecule has 0 aliphatic rings. The predicted molar refractivity (Wildman–Crippen MR) is 164 cm³/mol. The van der Waals surface area contributed by atoms with E-state index in [9.17, 15) is 0 Å². The Balaban J connectivity index is 4.99. The van der Waals surface area contributed by atoms with Crippen LogP contribution in [0, 0.1) is 0 Å². The summed E-state index contributed by atoms with van der Waals surface area (Å²) in [7, 11) is 0. The normalized spacial score (nSPS) is 11.2. The number of guanidine groups is 1. The van der Waals surface area contributed by atoms with Crippen molar-refractivity contribution in [2.75, 3.05) is 26.2 Å². The average molecular weight is 509 g/mol. The lowest BCUT2D eigenvalue weighted by atomic mass is 10.1. The topological polar surface area (TPSA) is 32.3 Å². The lowest BCUT2D eigenvalue weighted by Crippen LogP contribution is -2.46. The van der Waals surface area contributed by atoms with Crippen molar-refractivity contribution in [1.82, 2.24) is 4.90 Å². The van der Waals surface area contributed by atoms with Gasteiger partial charge in [0, 0.05) is 0 Å². The zero-order valence-electron chi connectivity index (χ0n) is 25.8. The van der Waals surface area contributed by atoms with Crippen LogP contribution in [-0.2, 0) is 0 Å². The van der Waals surface area contributed by atoms with Crippen LogP contribution in [0.4, 0.5) is 0 Å². The zero-order chi connectivity index (χ0) is 26.5. The van der Waals surface area contributed by atoms with E-state index in [0.29, 0.717) is 0 Å². The maximum Gasteiger partial charge on any atom is 0.345 e. The number of rotatable bonds is 28. The molecule has 0 unspecified atom stereocenters. The van der Waals surface area contributed by atoms with Gasteiger partial charge < -0.3 is 0 Å². The molecule has 0 aliphatic heterocycles. The average Bonchev–Trinajstić information content (AvgIpc) is 2.89. The molecule has 0 bridgehead atoms. The second-order valence-electron chi connectivity index (χ2n) is 11.4. The van der Waals surface area contributed by atoms with Crippen molar-refractivity contribution in [3.63, 3.8) is 0 Å². The molecule has 36 heavy (non-hydrogen) atoms. The van der Waals surface area contributed by atoms with Crippen molar-refractivity contribution in [3.8, 4) is 0 Å². The van der Waals surface area contributed by atoms with E-state index in [2.05, 4.69) is 37.2 Å². The molecule has 0 saturated heterocycles. The van der Waals surface area contributed by atoms with E-state index in [-0.39, 0.29) is 0 Å². The first-order chi connectivity index (χ1) is 17.7. The fourth-order valence-corrected chi connectivity index (χ4v) is 5.21. The Hall–Kier alpha value is -0.730. The molecule has 0 saturated carbocycles. The summed E-state index contributed by atoms with van der Waals surface area (Å²) in [5, 5.41) is 0. The van der Waals surface area contributed by atoms with Crippen LogP contribution in [0.3, 0.4) is 0 Å². The van der Waals surface area contributed by atoms with Crippen molar-refractivity contribution in [3.05, 3.63) is 0 Å². The highest BCUT2D eigenvalue weighted by molar-refractivity contribution is 5.72. The van der Waals surface area contributed by atoms with Crippen LogP contribution in [0.1, 0.15) is 182 Å². The Morgan fingerprint density at radius 3 is 1.03 bits per heavy atom. The molecule has 0 spiro atoms. The van der Waals surface area contributed by atoms with Crippen molar-refractivity contribution < 1.29 is 4.58 Å². The van der Waals surface area contributed by atoms with Gasteiger partial charge in [0.1, 0.15) is 0 Å². The van der Waals surface area contributed by atoms with E-state index < -0.39 is 0 Å². The molecule has 0 rings (SSSR count). The highest BCUT2D eigenvalue weighted by atomic mass is 15.3. The molecule has 0 fully saturated rings. The summed E-state index contributed by atoms with van der Waals surface area (Å²) in [6.45, 7) is 13.8. The van der Waals surface area contributed by atoms with Gasteiger partial charge in [-0.2, -0.15) is 0 Å². The quantitative estimate of drug-likeness (QED) is 0.0493. The first kappa shape index (κ1) is 35.3. The number of nitrogens with zero attached hydrogens (tertiary/aromatic N) is 2. The van der Waals surface area contributed by atoms with Gasteiger partial charge in [-0.1, -0.05) is 156 Å². The Morgan fingerprint density at radius 1 is 0.417 bits per heavy atom. The number of hydrogen-bond acceptors (Lipinski definition) is 0. The van der Waals surface area contributed by atoms with E-state index in [4.69, 9.17) is 5.73 Å². The molecule has 3 nitrogen and oxygen atoms in total. The van der Waals surface area contributed by atoms with Crippen molar-refractivity contribution >= 4 is 5.96 Å². The Bertz CT molecular complexity index is 426. The molecule has 0 aromatic carbocycles. The molecule has 0 aliphatic carbocycles. The van der Waals surface area contributed by atoms with E-state index in [1.165, 1.54) is 154 Å². The number of nitrogens with two attached hydrogens (primary N) is 1. The third kappa shape index (κ3) is 22.5. The minimum Gasteiger partial charge on any atom is -0.291 e. The van der Waals surface area contributed by atoms with E-state index in [1.54, 1.807) is 0 Å². The van der Waals surface area contributed by atoms with E-state index in [1.807, 2.05) is 0 Å². The van der Waals surface area contributed by atoms with Crippen LogP contribution >= 0.6 is 0 Å². The predicted octanol–water partition coefficient (Wildman–Crippen LogP) is 10.1. The van der Waals surface area contributed by atoms with Crippen LogP contribution in [0.25, 0.3) is 0 Å². The lowest BCUT2D eigenvalue weighted by molar-refractivity contribution is -0.535. The third-order valence-electron chi connectivity index (χ3n) is 7.77. The molecular weight excluding hydrogens is 438 g/mol. The Labute approximate surface area is 229 Å². The highest BCUT2D eigenvalue weighted by Gasteiger charge is 2.18. The fourth-order valence-electron chi connectivity index (χ4n) is 5.21. The molecule has 2 N–H and O–H groups in total. The van der Waals surface area contributed by atoms with Crippen LogP contribution in [0.15, 0.2) is 0 Å². The van der Waals surface area contributed by atoms with Gasteiger partial charge >= 0.3 is 5.96 Å². The van der Waals surface area contributed by atoms with Crippen LogP contribution in [0.2, 0.25) is 0 Å². The maximum absolute atomic E-state index is 6.98. The molecule has 0 atom stereocenters. The van der Waals surface area contributed by atoms with Gasteiger partial charge in [-0.05, 0) is 25.7 Å². The highest BCUT2D eigenvalue weighted by Crippen LogP contribution is 2.11. The molecule has 0 amide bonds. The summed E-state index contributed by atoms with van der Waals surface area (Å²) in [5.41, 5.74) is 6.98. The van der Waals surface area contributed by atoms with E-state index >= 15 is 0 Å². The van der Waals surface area contributed by atoms with Crippen molar-refractivity contribution in [2.45, 2.75) is 182 Å². The van der Waals surface area contributed by atoms with E-state index in [0.717, 1.165) is 32.1 Å². The number of hydrogen-bond donors (Lipinski definition) is 1. The molecule has 0 aromatic heterocycles. The van der Waals surface area contributed by atoms with Crippen LogP contribution in [0.5, 0.6) is 0 Å². The summed E-state index contributed by atoms with van der Waals surface area (Å²) in [6, 6.07) is 0. The van der Waals surface area contributed by atoms with Gasteiger partial charge in [-0.3, -0.25) is 15.2 Å². The molecule has 216 valence electrons. The third-order valence-corrected chi connectivity index (χ3v) is 7.77. The summed E-state index contributed by atoms with van der Waals surface area (Å²) in [6.07, 6.45) is 32.6. The van der Waals surface area contributed by atoms with Crippen LogP contribution < -0.4 is 5.73 Å². The van der Waals surface area contributed by atoms with Gasteiger partial charge in [0.15, 0.2) is 0 Å². The minimum atomic E-state index is 1.10. The standard InChI is InChI=1S/C33H69N3/c1-5-9-13-17-21-25-29-35(30-26-22-18-14-10-6-2)33(34)36(31-27-23-19-15-11-7-3)32-28-24-20-16-12-8-4/h34H,5-32H2,1-4H3/p+1. The van der Waals surface area contributed by atoms with Gasteiger partial charge in [0.25, 0.3) is 0 Å². The lowest BCUT2D eigenvalue weighted by Gasteiger charge is -2.22. The van der Waals surface area contributed by atoms with Gasteiger partial charge in [-0.15, -0.1) is 0 Å². The summed E-state index contributed by atoms with van der Waals surface area (Å²) < 4.78 is 2.58. The summed E-state index contributed by atoms with van der Waals surface area (Å²) >= 11 is 0. The van der Waals surface area contributed by atoms with Gasteiger partial charge in [0.05, 0.1) is 26.2 Å². The molecule has 0 aromatic rings. The maximum atomic E-state index is 6.98. The minimum absolute atomic E-state index is 1.10. The monoisotopic (exact) mass is 509 g/mol. The summed E-state index contributed by atoms with van der Waals surface area (Å²) in [4.78, 5) is 2.58. The Kier molecular flexibility index (Phi) is 28.3.